The molecule has 0 spiro atoms. The van der Waals surface area contributed by atoms with Crippen molar-refractivity contribution in [3.05, 3.63) is 0 Å². The molecule has 0 N–H and O–H groups in total. The van der Waals surface area contributed by atoms with Gasteiger partial charge in [-0.05, 0) is 0 Å². The Morgan fingerprint density at radius 3 is 2.75 bits per heavy atom. The number of esters is 1. The molecule has 1 heterocycles. The van der Waals surface area contributed by atoms with Gasteiger partial charge in [-0.25, -0.2) is 9.80 Å². The van der Waals surface area contributed by atoms with E-state index in [0.29, 0.717) is 18.6 Å². The van der Waals surface area contributed by atoms with Gasteiger partial charge in [0.2, 0.25) is 5.91 Å². The molecule has 0 saturated carbocycles. The molecule has 0 atom stereocenters. The first-order chi connectivity index (χ1) is 5.65. The molecule has 0 radical (unpaired) electrons. The first kappa shape index (κ1) is 8.70. The van der Waals surface area contributed by atoms with Gasteiger partial charge in [-0.3, -0.25) is 4.79 Å². The van der Waals surface area contributed by atoms with Crippen molar-refractivity contribution in [2.45, 2.75) is 12.8 Å². The van der Waals surface area contributed by atoms with Crippen LogP contribution in [-0.2, 0) is 14.3 Å². The average molecular weight is 170 g/mol. The van der Waals surface area contributed by atoms with Gasteiger partial charge >= 0.3 is 5.97 Å². The Kier molecular flexibility index (Phi) is 2.42. The van der Waals surface area contributed by atoms with Crippen LogP contribution in [0.5, 0.6) is 0 Å². The van der Waals surface area contributed by atoms with E-state index in [2.05, 4.69) is 9.84 Å². The first-order valence-corrected chi connectivity index (χ1v) is 3.57. The van der Waals surface area contributed by atoms with Crippen LogP contribution in [0.2, 0.25) is 0 Å². The molecule has 1 amide bonds. The highest BCUT2D eigenvalue weighted by atomic mass is 16.5. The summed E-state index contributed by atoms with van der Waals surface area (Å²) in [6, 6.07) is 0. The molecular weight excluding hydrogens is 160 g/mol. The number of nitrogens with zero attached hydrogens (tertiary/aromatic N) is 2. The largest absolute Gasteiger partial charge is 0.464 e. The number of hydrogen-bond acceptors (Lipinski definition) is 4. The van der Waals surface area contributed by atoms with Gasteiger partial charge in [-0.15, -0.1) is 0 Å². The maximum Gasteiger partial charge on any atom is 0.354 e. The quantitative estimate of drug-likeness (QED) is 0.510. The molecule has 0 unspecified atom stereocenters. The van der Waals surface area contributed by atoms with E-state index in [0.717, 1.165) is 5.01 Å². The second-order valence-corrected chi connectivity index (χ2v) is 2.46. The van der Waals surface area contributed by atoms with Gasteiger partial charge in [0.1, 0.15) is 5.71 Å². The monoisotopic (exact) mass is 170 g/mol. The molecular formula is C7H10N2O3. The maximum absolute atomic E-state index is 10.9. The van der Waals surface area contributed by atoms with E-state index in [1.54, 1.807) is 0 Å². The third kappa shape index (κ3) is 1.61. The van der Waals surface area contributed by atoms with E-state index >= 15 is 0 Å². The highest BCUT2D eigenvalue weighted by Gasteiger charge is 2.21. The van der Waals surface area contributed by atoms with E-state index in [1.165, 1.54) is 14.2 Å². The minimum absolute atomic E-state index is 0.0809. The highest BCUT2D eigenvalue weighted by Crippen LogP contribution is 2.07. The van der Waals surface area contributed by atoms with E-state index in [4.69, 9.17) is 0 Å². The molecule has 0 aliphatic carbocycles. The van der Waals surface area contributed by atoms with E-state index in [9.17, 15) is 9.59 Å². The normalized spacial score (nSPS) is 17.3. The summed E-state index contributed by atoms with van der Waals surface area (Å²) in [6.07, 6.45) is 0.695. The summed E-state index contributed by atoms with van der Waals surface area (Å²) in [5.41, 5.74) is 0.305. The van der Waals surface area contributed by atoms with Gasteiger partial charge in [0.05, 0.1) is 7.11 Å². The van der Waals surface area contributed by atoms with Crippen LogP contribution in [-0.4, -0.2) is 36.8 Å². The molecule has 1 rings (SSSR count). The molecule has 0 bridgehead atoms. The number of methoxy groups -OCH3 is 1. The Morgan fingerprint density at radius 1 is 1.58 bits per heavy atom. The van der Waals surface area contributed by atoms with Crippen LogP contribution >= 0.6 is 0 Å². The number of ether oxygens (including phenoxy) is 1. The first-order valence-electron chi connectivity index (χ1n) is 3.57. The second kappa shape index (κ2) is 3.34. The molecule has 66 valence electrons. The lowest BCUT2D eigenvalue weighted by Crippen LogP contribution is -2.31. The minimum Gasteiger partial charge on any atom is -0.464 e. The number of hydrogen-bond donors (Lipinski definition) is 0. The molecule has 12 heavy (non-hydrogen) atoms. The van der Waals surface area contributed by atoms with Crippen molar-refractivity contribution in [1.29, 1.82) is 0 Å². The Balaban J connectivity index is 2.74. The fourth-order valence-electron chi connectivity index (χ4n) is 0.935. The Labute approximate surface area is 70.0 Å². The zero-order valence-electron chi connectivity index (χ0n) is 7.03. The van der Waals surface area contributed by atoms with E-state index in [1.807, 2.05) is 0 Å². The number of amides is 1. The highest BCUT2D eigenvalue weighted by molar-refractivity contribution is 6.37. The van der Waals surface area contributed by atoms with Crippen molar-refractivity contribution in [2.24, 2.45) is 5.10 Å². The number of carbonyl (C=O) groups excluding carboxylic acids is 2. The molecule has 5 heteroatoms. The van der Waals surface area contributed by atoms with Crippen LogP contribution in [0.25, 0.3) is 0 Å². The second-order valence-electron chi connectivity index (χ2n) is 2.46. The van der Waals surface area contributed by atoms with Crippen molar-refractivity contribution in [2.75, 3.05) is 14.2 Å². The van der Waals surface area contributed by atoms with Crippen molar-refractivity contribution in [3.63, 3.8) is 0 Å². The lowest BCUT2D eigenvalue weighted by molar-refractivity contribution is -0.134. The SMILES string of the molecule is COC(=O)C1=NN(C)C(=O)CC1. The van der Waals surface area contributed by atoms with Crippen molar-refractivity contribution in [3.8, 4) is 0 Å². The molecule has 5 nitrogen and oxygen atoms in total. The summed E-state index contributed by atoms with van der Waals surface area (Å²) in [6.45, 7) is 0. The standard InChI is InChI=1S/C7H10N2O3/c1-9-6(10)4-3-5(8-9)7(11)12-2/h3-4H2,1-2H3. The Bertz CT molecular complexity index is 247. The third-order valence-electron chi connectivity index (χ3n) is 1.63. The van der Waals surface area contributed by atoms with Gasteiger partial charge in [0.15, 0.2) is 0 Å². The van der Waals surface area contributed by atoms with Gasteiger partial charge in [0.25, 0.3) is 0 Å². The van der Waals surface area contributed by atoms with Gasteiger partial charge < -0.3 is 4.74 Å². The van der Waals surface area contributed by atoms with Crippen LogP contribution in [0.15, 0.2) is 5.10 Å². The Hall–Kier alpha value is -1.39. The Morgan fingerprint density at radius 2 is 2.25 bits per heavy atom. The number of hydrazone groups is 1. The van der Waals surface area contributed by atoms with Crippen molar-refractivity contribution in [1.82, 2.24) is 5.01 Å². The smallest absolute Gasteiger partial charge is 0.354 e. The topological polar surface area (TPSA) is 59.0 Å². The summed E-state index contributed by atoms with van der Waals surface area (Å²) in [5.74, 6) is -0.544. The van der Waals surface area contributed by atoms with Crippen molar-refractivity contribution < 1.29 is 14.3 Å². The average Bonchev–Trinajstić information content (AvgIpc) is 2.08. The van der Waals surface area contributed by atoms with Crippen LogP contribution in [0, 0.1) is 0 Å². The predicted octanol–water partition coefficient (Wildman–Crippen LogP) is -0.232. The van der Waals surface area contributed by atoms with Gasteiger partial charge in [-0.1, -0.05) is 0 Å². The van der Waals surface area contributed by atoms with Crippen LogP contribution in [0.1, 0.15) is 12.8 Å². The number of carbonyl (C=O) groups is 2. The summed E-state index contributed by atoms with van der Waals surface area (Å²) in [7, 11) is 2.81. The van der Waals surface area contributed by atoms with Crippen molar-refractivity contribution >= 4 is 17.6 Å². The zero-order chi connectivity index (χ0) is 9.14. The maximum atomic E-state index is 10.9. The van der Waals surface area contributed by atoms with E-state index < -0.39 is 5.97 Å². The van der Waals surface area contributed by atoms with Crippen LogP contribution in [0.4, 0.5) is 0 Å². The zero-order valence-corrected chi connectivity index (χ0v) is 7.03. The van der Waals surface area contributed by atoms with Gasteiger partial charge in [-0.2, -0.15) is 5.10 Å². The summed E-state index contributed by atoms with van der Waals surface area (Å²) < 4.78 is 4.47. The molecule has 0 aromatic rings. The molecule has 1 aliphatic heterocycles. The summed E-state index contributed by atoms with van der Waals surface area (Å²) in [5, 5.41) is 4.92. The van der Waals surface area contributed by atoms with E-state index in [-0.39, 0.29) is 5.91 Å². The molecule has 0 aromatic heterocycles. The third-order valence-corrected chi connectivity index (χ3v) is 1.63. The van der Waals surface area contributed by atoms with Crippen LogP contribution in [0.3, 0.4) is 0 Å². The summed E-state index contributed by atoms with van der Waals surface area (Å²) in [4.78, 5) is 21.8. The summed E-state index contributed by atoms with van der Waals surface area (Å²) >= 11 is 0. The van der Waals surface area contributed by atoms with Gasteiger partial charge in [0, 0.05) is 19.9 Å². The lowest BCUT2D eigenvalue weighted by Gasteiger charge is -2.17. The molecule has 1 aliphatic rings. The lowest BCUT2D eigenvalue weighted by atomic mass is 10.2. The minimum atomic E-state index is -0.464. The molecule has 0 saturated heterocycles. The van der Waals surface area contributed by atoms with Crippen LogP contribution < -0.4 is 0 Å². The fourth-order valence-corrected chi connectivity index (χ4v) is 0.935. The number of rotatable bonds is 1. The molecule has 0 aromatic carbocycles. The fraction of sp³-hybridized carbons (Fsp3) is 0.571. The molecule has 0 fully saturated rings. The predicted molar refractivity (Wildman–Crippen MR) is 41.5 cm³/mol.